The number of fused-ring (bicyclic) bond motifs is 1. The lowest BCUT2D eigenvalue weighted by Crippen LogP contribution is -2.57. The molecule has 1 saturated heterocycles. The van der Waals surface area contributed by atoms with E-state index in [-0.39, 0.29) is 35.5 Å². The molecular formula is C21H25F2N5O4. The number of allylic oxidation sites excluding steroid dienone is 2. The summed E-state index contributed by atoms with van der Waals surface area (Å²) in [5.41, 5.74) is 4.12. The fourth-order valence-electron chi connectivity index (χ4n) is 3.75. The molecule has 32 heavy (non-hydrogen) atoms. The summed E-state index contributed by atoms with van der Waals surface area (Å²) in [5, 5.41) is 2.60. The number of hydrogen-bond donors (Lipinski definition) is 2. The lowest BCUT2D eigenvalue weighted by atomic mass is 9.73. The number of methoxy groups -OCH3 is 1. The molecule has 1 aromatic heterocycles. The van der Waals surface area contributed by atoms with Gasteiger partial charge >= 0.3 is 0 Å². The molecule has 0 spiro atoms. The van der Waals surface area contributed by atoms with Crippen molar-refractivity contribution in [1.82, 2.24) is 15.3 Å². The normalized spacial score (nSPS) is 25.8. The van der Waals surface area contributed by atoms with Gasteiger partial charge < -0.3 is 25.3 Å². The van der Waals surface area contributed by atoms with Crippen LogP contribution in [0.5, 0.6) is 5.88 Å². The van der Waals surface area contributed by atoms with Crippen molar-refractivity contribution < 1.29 is 27.8 Å². The van der Waals surface area contributed by atoms with E-state index in [1.54, 1.807) is 6.92 Å². The van der Waals surface area contributed by atoms with Gasteiger partial charge in [0.25, 0.3) is 11.9 Å². The fourth-order valence-corrected chi connectivity index (χ4v) is 3.75. The number of amides is 1. The van der Waals surface area contributed by atoms with Crippen LogP contribution in [-0.4, -0.2) is 60.5 Å². The molecule has 3 unspecified atom stereocenters. The number of aliphatic imine (C=N–C) groups is 1. The molecule has 2 aliphatic rings. The quantitative estimate of drug-likeness (QED) is 0.611. The monoisotopic (exact) mass is 449 g/mol. The molecule has 0 aromatic carbocycles. The van der Waals surface area contributed by atoms with Crippen molar-refractivity contribution in [3.05, 3.63) is 53.9 Å². The highest BCUT2D eigenvalue weighted by atomic mass is 19.1. The van der Waals surface area contributed by atoms with Crippen LogP contribution in [0, 0.1) is 5.92 Å². The fraction of sp³-hybridized carbons (Fsp3) is 0.429. The molecular weight excluding hydrogens is 424 g/mol. The number of carbonyl (C=O) groups excluding carboxylic acids is 1. The Balaban J connectivity index is 1.95. The highest BCUT2D eigenvalue weighted by molar-refractivity contribution is 5.93. The highest BCUT2D eigenvalue weighted by Crippen LogP contribution is 2.43. The van der Waals surface area contributed by atoms with E-state index >= 15 is 0 Å². The van der Waals surface area contributed by atoms with Gasteiger partial charge in [0.05, 0.1) is 38.6 Å². The van der Waals surface area contributed by atoms with Gasteiger partial charge in [-0.15, -0.1) is 0 Å². The third kappa shape index (κ3) is 4.62. The maximum absolute atomic E-state index is 14.7. The van der Waals surface area contributed by atoms with Crippen LogP contribution in [0.3, 0.4) is 0 Å². The van der Waals surface area contributed by atoms with Crippen molar-refractivity contribution in [3.8, 4) is 5.88 Å². The van der Waals surface area contributed by atoms with Gasteiger partial charge in [-0.05, 0) is 13.0 Å². The number of nitrogens with two attached hydrogens (primary N) is 1. The number of carbonyl (C=O) groups is 1. The molecule has 172 valence electrons. The Hall–Kier alpha value is -3.34. The van der Waals surface area contributed by atoms with Crippen molar-refractivity contribution in [2.24, 2.45) is 16.6 Å². The van der Waals surface area contributed by atoms with Crippen molar-refractivity contribution in [2.45, 2.75) is 25.0 Å². The number of ether oxygens (including phenoxy) is 3. The third-order valence-corrected chi connectivity index (χ3v) is 5.39. The first-order valence-electron chi connectivity index (χ1n) is 9.91. The van der Waals surface area contributed by atoms with Gasteiger partial charge in [0.1, 0.15) is 29.8 Å². The van der Waals surface area contributed by atoms with Gasteiger partial charge in [0, 0.05) is 17.7 Å². The summed E-state index contributed by atoms with van der Waals surface area (Å²) in [6.45, 7) is 4.44. The minimum absolute atomic E-state index is 0.00783. The summed E-state index contributed by atoms with van der Waals surface area (Å²) in [6.07, 6.45) is 5.29. The first-order chi connectivity index (χ1) is 15.3. The number of amidine groups is 1. The predicted molar refractivity (Wildman–Crippen MR) is 112 cm³/mol. The Morgan fingerprint density at radius 3 is 2.84 bits per heavy atom. The zero-order valence-corrected chi connectivity index (χ0v) is 17.8. The van der Waals surface area contributed by atoms with Crippen LogP contribution in [0.15, 0.2) is 53.2 Å². The molecule has 1 amide bonds. The number of hydrogen-bond acceptors (Lipinski definition) is 8. The molecule has 0 bridgehead atoms. The molecule has 3 atom stereocenters. The Morgan fingerprint density at radius 2 is 2.25 bits per heavy atom. The van der Waals surface area contributed by atoms with Gasteiger partial charge in [0.2, 0.25) is 5.88 Å². The lowest BCUT2D eigenvalue weighted by molar-refractivity contribution is -0.0677. The van der Waals surface area contributed by atoms with Crippen molar-refractivity contribution in [1.29, 1.82) is 0 Å². The Bertz CT molecular complexity index is 963. The predicted octanol–water partition coefficient (Wildman–Crippen LogP) is 1.99. The molecule has 9 nitrogen and oxygen atoms in total. The van der Waals surface area contributed by atoms with Crippen LogP contribution in [0.1, 0.15) is 23.8 Å². The molecule has 0 saturated carbocycles. The van der Waals surface area contributed by atoms with E-state index in [9.17, 15) is 13.6 Å². The SMILES string of the molecule is C=C(F)/C(=C\C(=C/C)NC(=O)c1cnc(OC)cn1)C1(CF)N=C(N)OC2CCOCC21. The van der Waals surface area contributed by atoms with Crippen LogP contribution in [-0.2, 0) is 9.47 Å². The van der Waals surface area contributed by atoms with Crippen molar-refractivity contribution in [2.75, 3.05) is 27.0 Å². The smallest absolute Gasteiger partial charge is 0.283 e. The maximum atomic E-state index is 14.7. The summed E-state index contributed by atoms with van der Waals surface area (Å²) < 4.78 is 45.2. The van der Waals surface area contributed by atoms with E-state index in [0.29, 0.717) is 13.0 Å². The van der Waals surface area contributed by atoms with E-state index in [2.05, 4.69) is 26.9 Å². The Morgan fingerprint density at radius 1 is 1.47 bits per heavy atom. The van der Waals surface area contributed by atoms with Crippen molar-refractivity contribution >= 4 is 11.9 Å². The van der Waals surface area contributed by atoms with Crippen LogP contribution >= 0.6 is 0 Å². The van der Waals surface area contributed by atoms with Gasteiger partial charge in [-0.3, -0.25) is 4.79 Å². The summed E-state index contributed by atoms with van der Waals surface area (Å²) in [5.74, 6) is -1.90. The molecule has 1 fully saturated rings. The lowest BCUT2D eigenvalue weighted by Gasteiger charge is -2.45. The van der Waals surface area contributed by atoms with E-state index in [1.165, 1.54) is 31.7 Å². The van der Waals surface area contributed by atoms with Crippen LogP contribution < -0.4 is 15.8 Å². The van der Waals surface area contributed by atoms with Gasteiger partial charge in [-0.25, -0.2) is 23.7 Å². The van der Waals surface area contributed by atoms with Crippen molar-refractivity contribution in [3.63, 3.8) is 0 Å². The summed E-state index contributed by atoms with van der Waals surface area (Å²) in [7, 11) is 1.42. The maximum Gasteiger partial charge on any atom is 0.283 e. The zero-order valence-electron chi connectivity index (χ0n) is 17.8. The minimum Gasteiger partial charge on any atom is -0.480 e. The molecule has 11 heteroatoms. The van der Waals surface area contributed by atoms with Gasteiger partial charge in [0.15, 0.2) is 0 Å². The molecule has 0 aliphatic carbocycles. The Kier molecular flexibility index (Phi) is 7.18. The molecule has 3 N–H and O–H groups in total. The topological polar surface area (TPSA) is 121 Å². The van der Waals surface area contributed by atoms with E-state index < -0.39 is 36.0 Å². The zero-order chi connectivity index (χ0) is 23.3. The molecule has 2 aliphatic heterocycles. The average molecular weight is 449 g/mol. The first-order valence-corrected chi connectivity index (χ1v) is 9.91. The highest BCUT2D eigenvalue weighted by Gasteiger charge is 2.52. The molecule has 3 rings (SSSR count). The number of nitrogens with one attached hydrogen (secondary N) is 1. The van der Waals surface area contributed by atoms with E-state index in [1.807, 2.05) is 0 Å². The number of rotatable bonds is 7. The molecule has 3 heterocycles. The Labute approximate surface area is 184 Å². The third-order valence-electron chi connectivity index (χ3n) is 5.39. The second-order valence-electron chi connectivity index (χ2n) is 7.24. The van der Waals surface area contributed by atoms with Crippen LogP contribution in [0.25, 0.3) is 0 Å². The van der Waals surface area contributed by atoms with Gasteiger partial charge in [-0.1, -0.05) is 12.7 Å². The number of halogens is 2. The van der Waals surface area contributed by atoms with Crippen LogP contribution in [0.2, 0.25) is 0 Å². The average Bonchev–Trinajstić information content (AvgIpc) is 2.80. The minimum atomic E-state index is -1.71. The standard InChI is InChI=1S/C21H25F2N5O4/c1-4-13(27-19(29)16-8-26-18(30-3)9-25-16)7-14(12(2)23)21(11-22)15-10-31-6-5-17(15)32-20(24)28-21/h4,7-9,15,17H,2,5-6,10-11H2,1,3H3,(H2,24,28)(H,27,29)/b13-4+,14-7+. The van der Waals surface area contributed by atoms with Gasteiger partial charge in [-0.2, -0.15) is 0 Å². The largest absolute Gasteiger partial charge is 0.480 e. The molecule has 0 radical (unpaired) electrons. The van der Waals surface area contributed by atoms with E-state index in [4.69, 9.17) is 19.9 Å². The number of aromatic nitrogens is 2. The number of nitrogens with zero attached hydrogens (tertiary/aromatic N) is 3. The van der Waals surface area contributed by atoms with Crippen LogP contribution in [0.4, 0.5) is 8.78 Å². The second-order valence-corrected chi connectivity index (χ2v) is 7.24. The second kappa shape index (κ2) is 9.86. The first kappa shape index (κ1) is 23.3. The summed E-state index contributed by atoms with van der Waals surface area (Å²) in [4.78, 5) is 24.6. The molecule has 1 aromatic rings. The number of alkyl halides is 1. The summed E-state index contributed by atoms with van der Waals surface area (Å²) in [6, 6.07) is -0.238. The summed E-state index contributed by atoms with van der Waals surface area (Å²) >= 11 is 0. The van der Waals surface area contributed by atoms with E-state index in [0.717, 1.165) is 0 Å².